The van der Waals surface area contributed by atoms with E-state index in [0.717, 1.165) is 18.4 Å². The number of rotatable bonds is 4. The van der Waals surface area contributed by atoms with Crippen LogP contribution in [0, 0.1) is 12.7 Å². The highest BCUT2D eigenvalue weighted by Crippen LogP contribution is 2.28. The average Bonchev–Trinajstić information content (AvgIpc) is 3.34. The van der Waals surface area contributed by atoms with Gasteiger partial charge >= 0.3 is 0 Å². The summed E-state index contributed by atoms with van der Waals surface area (Å²) in [7, 11) is 0. The second-order valence-corrected chi connectivity index (χ2v) is 5.82. The Kier molecular flexibility index (Phi) is 3.86. The number of hydrogen-bond donors (Lipinski definition) is 2. The molecule has 0 radical (unpaired) electrons. The number of carbonyl (C=O) groups is 2. The molecule has 0 saturated heterocycles. The van der Waals surface area contributed by atoms with Crippen molar-refractivity contribution in [2.24, 2.45) is 5.73 Å². The maximum absolute atomic E-state index is 14.2. The molecule has 2 aromatic carbocycles. The van der Waals surface area contributed by atoms with E-state index in [2.05, 4.69) is 5.32 Å². The van der Waals surface area contributed by atoms with Crippen LogP contribution in [0.25, 0.3) is 11.1 Å². The third-order valence-electron chi connectivity index (χ3n) is 4.00. The second-order valence-electron chi connectivity index (χ2n) is 5.82. The summed E-state index contributed by atoms with van der Waals surface area (Å²) in [5.74, 6) is -1.21. The number of hydrogen-bond acceptors (Lipinski definition) is 2. The van der Waals surface area contributed by atoms with Crippen LogP contribution < -0.4 is 11.1 Å². The van der Waals surface area contributed by atoms with E-state index >= 15 is 0 Å². The van der Waals surface area contributed by atoms with E-state index < -0.39 is 11.7 Å². The maximum Gasteiger partial charge on any atom is 0.251 e. The third-order valence-corrected chi connectivity index (χ3v) is 4.00. The summed E-state index contributed by atoms with van der Waals surface area (Å²) < 4.78 is 14.2. The molecule has 0 atom stereocenters. The lowest BCUT2D eigenvalue weighted by Gasteiger charge is -2.11. The summed E-state index contributed by atoms with van der Waals surface area (Å²) in [5, 5.41) is 2.85. The molecule has 2 amide bonds. The smallest absolute Gasteiger partial charge is 0.251 e. The first-order chi connectivity index (χ1) is 11.0. The molecule has 0 aliphatic heterocycles. The van der Waals surface area contributed by atoms with E-state index in [0.29, 0.717) is 22.3 Å². The van der Waals surface area contributed by atoms with Crippen LogP contribution in [0.15, 0.2) is 36.4 Å². The van der Waals surface area contributed by atoms with Crippen molar-refractivity contribution in [2.45, 2.75) is 25.8 Å². The minimum absolute atomic E-state index is 0.213. The van der Waals surface area contributed by atoms with E-state index in [1.165, 1.54) is 6.07 Å². The van der Waals surface area contributed by atoms with Gasteiger partial charge in [0, 0.05) is 17.2 Å². The minimum Gasteiger partial charge on any atom is -0.366 e. The number of amides is 2. The third kappa shape index (κ3) is 3.23. The number of primary amides is 1. The van der Waals surface area contributed by atoms with Crippen molar-refractivity contribution in [3.05, 3.63) is 58.9 Å². The molecule has 1 aliphatic carbocycles. The zero-order valence-corrected chi connectivity index (χ0v) is 12.7. The van der Waals surface area contributed by atoms with Gasteiger partial charge in [-0.15, -0.1) is 0 Å². The summed E-state index contributed by atoms with van der Waals surface area (Å²) >= 11 is 0. The van der Waals surface area contributed by atoms with Crippen LogP contribution in [-0.4, -0.2) is 17.9 Å². The van der Waals surface area contributed by atoms with Crippen LogP contribution in [0.5, 0.6) is 0 Å². The molecule has 1 saturated carbocycles. The first kappa shape index (κ1) is 15.2. The van der Waals surface area contributed by atoms with Crippen molar-refractivity contribution in [1.29, 1.82) is 0 Å². The van der Waals surface area contributed by atoms with Crippen LogP contribution in [-0.2, 0) is 0 Å². The van der Waals surface area contributed by atoms with Crippen molar-refractivity contribution in [1.82, 2.24) is 5.32 Å². The van der Waals surface area contributed by atoms with Gasteiger partial charge < -0.3 is 11.1 Å². The molecule has 2 aromatic rings. The summed E-state index contributed by atoms with van der Waals surface area (Å²) in [6.07, 6.45) is 1.95. The fraction of sp³-hybridized carbons (Fsp3) is 0.222. The Balaban J connectivity index is 1.98. The number of benzene rings is 2. The lowest BCUT2D eigenvalue weighted by atomic mass is 9.96. The maximum atomic E-state index is 14.2. The van der Waals surface area contributed by atoms with Crippen LogP contribution in [0.4, 0.5) is 4.39 Å². The lowest BCUT2D eigenvalue weighted by molar-refractivity contribution is 0.0949. The number of carbonyl (C=O) groups excluding carboxylic acids is 2. The van der Waals surface area contributed by atoms with Gasteiger partial charge in [-0.2, -0.15) is 0 Å². The summed E-state index contributed by atoms with van der Waals surface area (Å²) in [4.78, 5) is 23.3. The first-order valence-electron chi connectivity index (χ1n) is 7.47. The molecular weight excluding hydrogens is 295 g/mol. The van der Waals surface area contributed by atoms with Gasteiger partial charge in [0.1, 0.15) is 5.82 Å². The highest BCUT2D eigenvalue weighted by molar-refractivity contribution is 5.96. The molecule has 5 heteroatoms. The zero-order valence-electron chi connectivity index (χ0n) is 12.7. The monoisotopic (exact) mass is 312 g/mol. The number of halogens is 1. The molecule has 0 spiro atoms. The highest BCUT2D eigenvalue weighted by atomic mass is 19.1. The minimum atomic E-state index is -0.517. The largest absolute Gasteiger partial charge is 0.366 e. The topological polar surface area (TPSA) is 72.2 Å². The summed E-state index contributed by atoms with van der Waals surface area (Å²) in [6.45, 7) is 1.66. The van der Waals surface area contributed by atoms with Gasteiger partial charge in [0.25, 0.3) is 5.91 Å². The fourth-order valence-electron chi connectivity index (χ4n) is 2.42. The zero-order chi connectivity index (χ0) is 16.6. The summed E-state index contributed by atoms with van der Waals surface area (Å²) in [5.41, 5.74) is 7.72. The molecular formula is C18H17FN2O2. The van der Waals surface area contributed by atoms with E-state index in [9.17, 15) is 14.0 Å². The summed E-state index contributed by atoms with van der Waals surface area (Å²) in [6, 6.07) is 9.72. The Bertz CT molecular complexity index is 780. The molecule has 0 heterocycles. The average molecular weight is 312 g/mol. The van der Waals surface area contributed by atoms with Crippen molar-refractivity contribution in [3.63, 3.8) is 0 Å². The van der Waals surface area contributed by atoms with Gasteiger partial charge in [-0.05, 0) is 60.7 Å². The van der Waals surface area contributed by atoms with Crippen LogP contribution in [0.1, 0.15) is 39.1 Å². The second kappa shape index (κ2) is 5.83. The van der Waals surface area contributed by atoms with Crippen molar-refractivity contribution < 1.29 is 14.0 Å². The Morgan fingerprint density at radius 2 is 1.78 bits per heavy atom. The van der Waals surface area contributed by atoms with Crippen molar-refractivity contribution >= 4 is 11.8 Å². The SMILES string of the molecule is Cc1c(F)cc(C(=O)NC2CC2)cc1-c1ccc(C(N)=O)cc1. The lowest BCUT2D eigenvalue weighted by Crippen LogP contribution is -2.25. The molecule has 118 valence electrons. The van der Waals surface area contributed by atoms with E-state index in [-0.39, 0.29) is 11.9 Å². The van der Waals surface area contributed by atoms with Gasteiger partial charge in [0.05, 0.1) is 0 Å². The van der Waals surface area contributed by atoms with E-state index in [1.54, 1.807) is 37.3 Å². The van der Waals surface area contributed by atoms with Crippen molar-refractivity contribution in [2.75, 3.05) is 0 Å². The molecule has 3 rings (SSSR count). The molecule has 0 aromatic heterocycles. The van der Waals surface area contributed by atoms with Gasteiger partial charge in [0.2, 0.25) is 5.91 Å². The Morgan fingerprint density at radius 1 is 1.13 bits per heavy atom. The Hall–Kier alpha value is -2.69. The fourth-order valence-corrected chi connectivity index (χ4v) is 2.42. The molecule has 1 fully saturated rings. The predicted octanol–water partition coefficient (Wildman–Crippen LogP) is 2.79. The highest BCUT2D eigenvalue weighted by Gasteiger charge is 2.24. The van der Waals surface area contributed by atoms with Crippen molar-refractivity contribution in [3.8, 4) is 11.1 Å². The Labute approximate surface area is 133 Å². The Morgan fingerprint density at radius 3 is 2.35 bits per heavy atom. The molecule has 1 aliphatic rings. The number of nitrogens with one attached hydrogen (secondary N) is 1. The standard InChI is InChI=1S/C18H17FN2O2/c1-10-15(11-2-4-12(5-3-11)17(20)22)8-13(9-16(10)19)18(23)21-14-6-7-14/h2-5,8-9,14H,6-7H2,1H3,(H2,20,22)(H,21,23). The predicted molar refractivity (Wildman–Crippen MR) is 85.6 cm³/mol. The van der Waals surface area contributed by atoms with Crippen LogP contribution in [0.2, 0.25) is 0 Å². The van der Waals surface area contributed by atoms with Gasteiger partial charge in [-0.1, -0.05) is 12.1 Å². The van der Waals surface area contributed by atoms with Crippen LogP contribution >= 0.6 is 0 Å². The molecule has 4 nitrogen and oxygen atoms in total. The number of nitrogens with two attached hydrogens (primary N) is 1. The molecule has 3 N–H and O–H groups in total. The first-order valence-corrected chi connectivity index (χ1v) is 7.47. The quantitative estimate of drug-likeness (QED) is 0.911. The van der Waals surface area contributed by atoms with Gasteiger partial charge in [0.15, 0.2) is 0 Å². The molecule has 23 heavy (non-hydrogen) atoms. The molecule has 0 unspecified atom stereocenters. The van der Waals surface area contributed by atoms with Gasteiger partial charge in [-0.25, -0.2) is 4.39 Å². The normalized spacial score (nSPS) is 13.7. The van der Waals surface area contributed by atoms with E-state index in [4.69, 9.17) is 5.73 Å². The van der Waals surface area contributed by atoms with Gasteiger partial charge in [-0.3, -0.25) is 9.59 Å². The van der Waals surface area contributed by atoms with Crippen LogP contribution in [0.3, 0.4) is 0 Å². The van der Waals surface area contributed by atoms with E-state index in [1.807, 2.05) is 0 Å². The molecule has 0 bridgehead atoms.